The average molecular weight is 514 g/mol. The minimum absolute atomic E-state index is 0.156. The zero-order valence-corrected chi connectivity index (χ0v) is 20.5. The number of amides is 1. The quantitative estimate of drug-likeness (QED) is 0.260. The number of carbonyl (C=O) groups excluding carboxylic acids is 2. The van der Waals surface area contributed by atoms with Crippen LogP contribution in [0.15, 0.2) is 60.2 Å². The molecular weight excluding hydrogens is 493 g/mol. The number of aliphatic hydroxyl groups excluding tert-OH is 1. The van der Waals surface area contributed by atoms with Crippen LogP contribution in [0.5, 0.6) is 17.2 Å². The van der Waals surface area contributed by atoms with Crippen LogP contribution in [0.3, 0.4) is 0 Å². The topological polar surface area (TPSA) is 96.3 Å². The van der Waals surface area contributed by atoms with E-state index >= 15 is 0 Å². The van der Waals surface area contributed by atoms with E-state index in [1.165, 1.54) is 31.3 Å². The number of phenolic OH excluding ortho intramolecular Hbond substituents is 1. The lowest BCUT2D eigenvalue weighted by molar-refractivity contribution is -0.132. The lowest BCUT2D eigenvalue weighted by Gasteiger charge is -2.26. The Morgan fingerprint density at radius 1 is 0.971 bits per heavy atom. The van der Waals surface area contributed by atoms with Crippen LogP contribution in [-0.4, -0.2) is 36.1 Å². The van der Waals surface area contributed by atoms with Crippen molar-refractivity contribution in [1.82, 2.24) is 0 Å². The molecule has 0 saturated carbocycles. The summed E-state index contributed by atoms with van der Waals surface area (Å²) in [5, 5.41) is 22.5. The molecule has 180 valence electrons. The molecule has 1 aliphatic rings. The molecule has 3 aromatic carbocycles. The Morgan fingerprint density at radius 2 is 1.66 bits per heavy atom. The van der Waals surface area contributed by atoms with E-state index in [1.807, 2.05) is 0 Å². The van der Waals surface area contributed by atoms with Crippen LogP contribution in [0.2, 0.25) is 10.0 Å². The van der Waals surface area contributed by atoms with E-state index in [1.54, 1.807) is 49.4 Å². The van der Waals surface area contributed by atoms with Crippen LogP contribution in [0.25, 0.3) is 5.76 Å². The fraction of sp³-hybridized carbons (Fsp3) is 0.154. The molecule has 1 amide bonds. The SMILES string of the molecule is COc1ccc(C2/C(=C(\O)c3cc(C)cc(Cl)c3OC)C(=O)C(=O)N2c2ccc(Cl)cc2)cc1O. The molecule has 0 aromatic heterocycles. The number of aliphatic hydroxyl groups is 1. The number of rotatable bonds is 5. The normalized spacial score (nSPS) is 17.1. The first kappa shape index (κ1) is 24.4. The van der Waals surface area contributed by atoms with Gasteiger partial charge in [-0.2, -0.15) is 0 Å². The molecule has 3 aromatic rings. The molecule has 9 heteroatoms. The van der Waals surface area contributed by atoms with Gasteiger partial charge in [-0.1, -0.05) is 29.3 Å². The molecule has 0 bridgehead atoms. The standard InChI is InChI=1S/C26H21Cl2NO6/c1-13-10-17(25(35-3)18(28)11-13)23(31)21-22(14-4-9-20(34-2)19(30)12-14)29(26(33)24(21)32)16-7-5-15(27)6-8-16/h4-12,22,30-31H,1-3H3/b23-21+. The molecule has 35 heavy (non-hydrogen) atoms. The lowest BCUT2D eigenvalue weighted by atomic mass is 9.94. The summed E-state index contributed by atoms with van der Waals surface area (Å²) in [6.45, 7) is 1.77. The molecule has 1 atom stereocenters. The molecule has 0 aliphatic carbocycles. The Balaban J connectivity index is 2.01. The first-order valence-electron chi connectivity index (χ1n) is 10.5. The van der Waals surface area contributed by atoms with Crippen molar-refractivity contribution in [2.45, 2.75) is 13.0 Å². The minimum Gasteiger partial charge on any atom is -0.507 e. The van der Waals surface area contributed by atoms with Crippen molar-refractivity contribution < 1.29 is 29.3 Å². The number of halogens is 2. The number of anilines is 1. The molecular formula is C26H21Cl2NO6. The number of carbonyl (C=O) groups is 2. The summed E-state index contributed by atoms with van der Waals surface area (Å²) in [6.07, 6.45) is 0. The maximum atomic E-state index is 13.3. The summed E-state index contributed by atoms with van der Waals surface area (Å²) in [4.78, 5) is 27.9. The van der Waals surface area contributed by atoms with Crippen LogP contribution >= 0.6 is 23.2 Å². The van der Waals surface area contributed by atoms with Crippen molar-refractivity contribution in [3.63, 3.8) is 0 Å². The Morgan fingerprint density at radius 3 is 2.26 bits per heavy atom. The third-order valence-electron chi connectivity index (χ3n) is 5.72. The third-order valence-corrected chi connectivity index (χ3v) is 6.25. The third kappa shape index (κ3) is 4.29. The zero-order chi connectivity index (χ0) is 25.4. The Labute approximate surface area is 211 Å². The molecule has 7 nitrogen and oxygen atoms in total. The number of aryl methyl sites for hydroxylation is 1. The van der Waals surface area contributed by atoms with E-state index in [9.17, 15) is 19.8 Å². The number of ketones is 1. The number of hydrogen-bond acceptors (Lipinski definition) is 6. The fourth-order valence-corrected chi connectivity index (χ4v) is 4.63. The predicted octanol–water partition coefficient (Wildman–Crippen LogP) is 5.65. The van der Waals surface area contributed by atoms with E-state index in [4.69, 9.17) is 32.7 Å². The fourth-order valence-electron chi connectivity index (χ4n) is 4.15. The van der Waals surface area contributed by atoms with Gasteiger partial charge in [0.2, 0.25) is 0 Å². The Hall–Kier alpha value is -3.68. The largest absolute Gasteiger partial charge is 0.507 e. The Kier molecular flexibility index (Phi) is 6.65. The number of Topliss-reactive ketones (excluding diaryl/α,β-unsaturated/α-hetero) is 1. The molecule has 0 spiro atoms. The Bertz CT molecular complexity index is 1370. The second-order valence-corrected chi connectivity index (χ2v) is 8.75. The maximum Gasteiger partial charge on any atom is 0.300 e. The highest BCUT2D eigenvalue weighted by atomic mass is 35.5. The van der Waals surface area contributed by atoms with Gasteiger partial charge in [-0.25, -0.2) is 0 Å². The molecule has 1 aliphatic heterocycles. The second-order valence-electron chi connectivity index (χ2n) is 7.90. The van der Waals surface area contributed by atoms with Crippen LogP contribution in [0.1, 0.15) is 22.7 Å². The first-order valence-corrected chi connectivity index (χ1v) is 11.2. The van der Waals surface area contributed by atoms with Gasteiger partial charge < -0.3 is 19.7 Å². The first-order chi connectivity index (χ1) is 16.7. The predicted molar refractivity (Wildman–Crippen MR) is 134 cm³/mol. The van der Waals surface area contributed by atoms with Crippen molar-refractivity contribution in [3.05, 3.63) is 86.9 Å². The number of nitrogens with zero attached hydrogens (tertiary/aromatic N) is 1. The molecule has 4 rings (SSSR count). The van der Waals surface area contributed by atoms with Crippen molar-refractivity contribution >= 4 is 46.3 Å². The number of benzene rings is 3. The smallest absolute Gasteiger partial charge is 0.300 e. The van der Waals surface area contributed by atoms with E-state index < -0.39 is 23.5 Å². The monoisotopic (exact) mass is 513 g/mol. The highest BCUT2D eigenvalue weighted by molar-refractivity contribution is 6.51. The van der Waals surface area contributed by atoms with Gasteiger partial charge >= 0.3 is 0 Å². The highest BCUT2D eigenvalue weighted by Crippen LogP contribution is 2.45. The molecule has 0 radical (unpaired) electrons. The van der Waals surface area contributed by atoms with E-state index in [2.05, 4.69) is 0 Å². The lowest BCUT2D eigenvalue weighted by Crippen LogP contribution is -2.29. The molecule has 1 saturated heterocycles. The van der Waals surface area contributed by atoms with Gasteiger partial charge in [0.05, 0.1) is 36.4 Å². The summed E-state index contributed by atoms with van der Waals surface area (Å²) in [5.74, 6) is -2.04. The van der Waals surface area contributed by atoms with E-state index in [0.717, 1.165) is 0 Å². The van der Waals surface area contributed by atoms with Crippen molar-refractivity contribution in [2.24, 2.45) is 0 Å². The van der Waals surface area contributed by atoms with Gasteiger partial charge in [-0.15, -0.1) is 0 Å². The number of aromatic hydroxyl groups is 1. The van der Waals surface area contributed by atoms with E-state index in [-0.39, 0.29) is 33.4 Å². The van der Waals surface area contributed by atoms with Gasteiger partial charge in [-0.05, 0) is 66.6 Å². The summed E-state index contributed by atoms with van der Waals surface area (Å²) in [7, 11) is 2.79. The number of hydrogen-bond donors (Lipinski definition) is 2. The highest BCUT2D eigenvalue weighted by Gasteiger charge is 2.47. The van der Waals surface area contributed by atoms with Crippen molar-refractivity contribution in [1.29, 1.82) is 0 Å². The van der Waals surface area contributed by atoms with Crippen LogP contribution < -0.4 is 14.4 Å². The van der Waals surface area contributed by atoms with Gasteiger partial charge in [0.25, 0.3) is 11.7 Å². The molecule has 1 fully saturated rings. The summed E-state index contributed by atoms with van der Waals surface area (Å²) in [6, 6.07) is 13.0. The van der Waals surface area contributed by atoms with Crippen LogP contribution in [0, 0.1) is 6.92 Å². The summed E-state index contributed by atoms with van der Waals surface area (Å²) < 4.78 is 10.5. The number of methoxy groups -OCH3 is 2. The van der Waals surface area contributed by atoms with E-state index in [0.29, 0.717) is 21.8 Å². The summed E-state index contributed by atoms with van der Waals surface area (Å²) >= 11 is 12.3. The van der Waals surface area contributed by atoms with Gasteiger partial charge in [0.15, 0.2) is 11.5 Å². The van der Waals surface area contributed by atoms with Gasteiger partial charge in [-0.3, -0.25) is 14.5 Å². The average Bonchev–Trinajstić information content (AvgIpc) is 3.09. The van der Waals surface area contributed by atoms with Crippen molar-refractivity contribution in [3.8, 4) is 17.2 Å². The molecule has 1 unspecified atom stereocenters. The number of ether oxygens (including phenoxy) is 2. The summed E-state index contributed by atoms with van der Waals surface area (Å²) in [5.41, 5.74) is 1.44. The van der Waals surface area contributed by atoms with Gasteiger partial charge in [0.1, 0.15) is 11.5 Å². The van der Waals surface area contributed by atoms with Crippen molar-refractivity contribution in [2.75, 3.05) is 19.1 Å². The van der Waals surface area contributed by atoms with Crippen LogP contribution in [0.4, 0.5) is 5.69 Å². The second kappa shape index (κ2) is 9.52. The number of phenols is 1. The molecule has 2 N–H and O–H groups in total. The molecule has 1 heterocycles. The van der Waals surface area contributed by atoms with Crippen LogP contribution in [-0.2, 0) is 9.59 Å². The van der Waals surface area contributed by atoms with Gasteiger partial charge in [0, 0.05) is 10.7 Å². The minimum atomic E-state index is -1.07. The maximum absolute atomic E-state index is 13.3. The zero-order valence-electron chi connectivity index (χ0n) is 19.0.